The quantitative estimate of drug-likeness (QED) is 0.839. The van der Waals surface area contributed by atoms with Crippen LogP contribution in [0.1, 0.15) is 35.4 Å². The molecule has 0 radical (unpaired) electrons. The Kier molecular flexibility index (Phi) is 4.67. The number of carbonyl (C=O) groups is 1. The average Bonchev–Trinajstić information content (AvgIpc) is 3.09. The van der Waals surface area contributed by atoms with Gasteiger partial charge in [-0.25, -0.2) is 0 Å². The Morgan fingerprint density at radius 3 is 2.75 bits per heavy atom. The molecule has 1 aromatic rings. The van der Waals surface area contributed by atoms with Crippen molar-refractivity contribution in [1.29, 1.82) is 0 Å². The van der Waals surface area contributed by atoms with Gasteiger partial charge in [-0.15, -0.1) is 11.3 Å². The van der Waals surface area contributed by atoms with Crippen LogP contribution in [0, 0.1) is 18.8 Å². The molecule has 132 valence electrons. The molecule has 5 heteroatoms. The number of hydrogen-bond acceptors (Lipinski definition) is 4. The van der Waals surface area contributed by atoms with E-state index in [1.807, 2.05) is 11.3 Å². The predicted molar refractivity (Wildman–Crippen MR) is 96.4 cm³/mol. The van der Waals surface area contributed by atoms with E-state index in [4.69, 9.17) is 4.74 Å². The molecule has 0 N–H and O–H groups in total. The van der Waals surface area contributed by atoms with Crippen LogP contribution in [-0.2, 0) is 9.53 Å². The Morgan fingerprint density at radius 2 is 2.08 bits per heavy atom. The van der Waals surface area contributed by atoms with Gasteiger partial charge >= 0.3 is 0 Å². The van der Waals surface area contributed by atoms with E-state index in [0.29, 0.717) is 23.8 Å². The summed E-state index contributed by atoms with van der Waals surface area (Å²) in [6, 6.07) is 4.92. The second-order valence-corrected chi connectivity index (χ2v) is 8.84. The fraction of sp³-hybridized carbons (Fsp3) is 0.737. The summed E-state index contributed by atoms with van der Waals surface area (Å²) in [5.41, 5.74) is 0. The number of amides is 1. The third-order valence-electron chi connectivity index (χ3n) is 5.99. The molecule has 3 aliphatic rings. The molecule has 0 spiro atoms. The number of morpholine rings is 1. The normalized spacial score (nSPS) is 33.8. The number of likely N-dealkylation sites (tertiary alicyclic amines) is 1. The highest BCUT2D eigenvalue weighted by molar-refractivity contribution is 7.12. The molecule has 1 aliphatic carbocycles. The molecule has 3 fully saturated rings. The SMILES string of the molecule is CCC1CN(C(=O)C2CC2c2ccc(C)s2)CC1N1CCOCC1. The molecule has 0 aromatic carbocycles. The number of aryl methyl sites for hydroxylation is 1. The van der Waals surface area contributed by atoms with Crippen LogP contribution < -0.4 is 0 Å². The summed E-state index contributed by atoms with van der Waals surface area (Å²) in [6.07, 6.45) is 2.21. The second-order valence-electron chi connectivity index (χ2n) is 7.52. The summed E-state index contributed by atoms with van der Waals surface area (Å²) in [4.78, 5) is 20.4. The number of ether oxygens (including phenoxy) is 1. The molecule has 1 saturated carbocycles. The number of thiophene rings is 1. The Bertz CT molecular complexity index is 596. The molecule has 2 aliphatic heterocycles. The number of rotatable bonds is 4. The molecular weight excluding hydrogens is 320 g/mol. The first-order valence-corrected chi connectivity index (χ1v) is 10.2. The van der Waals surface area contributed by atoms with Crippen LogP contribution in [0.25, 0.3) is 0 Å². The first kappa shape index (κ1) is 16.6. The molecule has 4 rings (SSSR count). The first-order chi connectivity index (χ1) is 11.7. The van der Waals surface area contributed by atoms with Crippen LogP contribution in [-0.4, -0.2) is 61.1 Å². The highest BCUT2D eigenvalue weighted by atomic mass is 32.1. The highest BCUT2D eigenvalue weighted by Gasteiger charge is 2.49. The summed E-state index contributed by atoms with van der Waals surface area (Å²) in [5.74, 6) is 1.75. The van der Waals surface area contributed by atoms with E-state index >= 15 is 0 Å². The van der Waals surface area contributed by atoms with Crippen molar-refractivity contribution in [3.63, 3.8) is 0 Å². The molecule has 2 saturated heterocycles. The minimum absolute atomic E-state index is 0.240. The molecule has 0 bridgehead atoms. The van der Waals surface area contributed by atoms with E-state index < -0.39 is 0 Å². The van der Waals surface area contributed by atoms with Gasteiger partial charge in [-0.05, 0) is 31.4 Å². The van der Waals surface area contributed by atoms with Gasteiger partial charge in [0, 0.05) is 53.8 Å². The van der Waals surface area contributed by atoms with Crippen molar-refractivity contribution in [2.75, 3.05) is 39.4 Å². The third kappa shape index (κ3) is 3.14. The summed E-state index contributed by atoms with van der Waals surface area (Å²) in [5, 5.41) is 0. The Morgan fingerprint density at radius 1 is 1.29 bits per heavy atom. The van der Waals surface area contributed by atoms with E-state index in [1.54, 1.807) is 0 Å². The smallest absolute Gasteiger partial charge is 0.226 e. The zero-order valence-corrected chi connectivity index (χ0v) is 15.6. The predicted octanol–water partition coefficient (Wildman–Crippen LogP) is 2.73. The number of carbonyl (C=O) groups excluding carboxylic acids is 1. The van der Waals surface area contributed by atoms with Gasteiger partial charge < -0.3 is 9.64 Å². The molecule has 4 atom stereocenters. The monoisotopic (exact) mass is 348 g/mol. The van der Waals surface area contributed by atoms with Crippen LogP contribution in [0.3, 0.4) is 0 Å². The zero-order chi connectivity index (χ0) is 16.7. The summed E-state index contributed by atoms with van der Waals surface area (Å²) >= 11 is 1.86. The lowest BCUT2D eigenvalue weighted by atomic mass is 9.99. The molecule has 4 nitrogen and oxygen atoms in total. The van der Waals surface area contributed by atoms with E-state index in [-0.39, 0.29) is 5.92 Å². The van der Waals surface area contributed by atoms with Crippen molar-refractivity contribution in [2.45, 2.75) is 38.6 Å². The van der Waals surface area contributed by atoms with Crippen molar-refractivity contribution < 1.29 is 9.53 Å². The fourth-order valence-corrected chi connectivity index (χ4v) is 5.48. The summed E-state index contributed by atoms with van der Waals surface area (Å²) < 4.78 is 5.49. The van der Waals surface area contributed by atoms with Crippen molar-refractivity contribution in [3.8, 4) is 0 Å². The van der Waals surface area contributed by atoms with Crippen molar-refractivity contribution in [2.24, 2.45) is 11.8 Å². The van der Waals surface area contributed by atoms with E-state index in [0.717, 1.165) is 52.2 Å². The molecule has 1 amide bonds. The number of nitrogens with zero attached hydrogens (tertiary/aromatic N) is 2. The first-order valence-electron chi connectivity index (χ1n) is 9.34. The molecular formula is C19H28N2O2S. The molecule has 4 unspecified atom stereocenters. The minimum atomic E-state index is 0.240. The second kappa shape index (κ2) is 6.77. The lowest BCUT2D eigenvalue weighted by molar-refractivity contribution is -0.131. The van der Waals surface area contributed by atoms with Crippen LogP contribution in [0.5, 0.6) is 0 Å². The molecule has 24 heavy (non-hydrogen) atoms. The lowest BCUT2D eigenvalue weighted by Crippen LogP contribution is -2.47. The zero-order valence-electron chi connectivity index (χ0n) is 14.7. The maximum absolute atomic E-state index is 13.0. The van der Waals surface area contributed by atoms with Gasteiger partial charge in [-0.2, -0.15) is 0 Å². The van der Waals surface area contributed by atoms with Gasteiger partial charge in [-0.1, -0.05) is 13.3 Å². The number of hydrogen-bond donors (Lipinski definition) is 0. The largest absolute Gasteiger partial charge is 0.379 e. The van der Waals surface area contributed by atoms with Crippen LogP contribution in [0.2, 0.25) is 0 Å². The van der Waals surface area contributed by atoms with Crippen LogP contribution >= 0.6 is 11.3 Å². The van der Waals surface area contributed by atoms with Crippen molar-refractivity contribution >= 4 is 17.2 Å². The maximum Gasteiger partial charge on any atom is 0.226 e. The van der Waals surface area contributed by atoms with Gasteiger partial charge in [0.2, 0.25) is 5.91 Å². The van der Waals surface area contributed by atoms with E-state index in [1.165, 1.54) is 9.75 Å². The van der Waals surface area contributed by atoms with Gasteiger partial charge in [0.1, 0.15) is 0 Å². The fourth-order valence-electron chi connectivity index (χ4n) is 4.43. The average molecular weight is 349 g/mol. The van der Waals surface area contributed by atoms with Gasteiger partial charge in [-0.3, -0.25) is 9.69 Å². The van der Waals surface area contributed by atoms with E-state index in [9.17, 15) is 4.79 Å². The Balaban J connectivity index is 1.39. The highest BCUT2D eigenvalue weighted by Crippen LogP contribution is 2.51. The topological polar surface area (TPSA) is 32.8 Å². The van der Waals surface area contributed by atoms with Gasteiger partial charge in [0.05, 0.1) is 13.2 Å². The Labute approximate surface area is 148 Å². The van der Waals surface area contributed by atoms with Gasteiger partial charge in [0.15, 0.2) is 0 Å². The van der Waals surface area contributed by atoms with Crippen molar-refractivity contribution in [3.05, 3.63) is 21.9 Å². The summed E-state index contributed by atoms with van der Waals surface area (Å²) in [6.45, 7) is 9.99. The third-order valence-corrected chi connectivity index (χ3v) is 7.12. The van der Waals surface area contributed by atoms with E-state index in [2.05, 4.69) is 35.8 Å². The van der Waals surface area contributed by atoms with Crippen LogP contribution in [0.15, 0.2) is 12.1 Å². The standard InChI is InChI=1S/C19H28N2O2S/c1-3-14-11-21(12-17(14)20-6-8-23-9-7-20)19(22)16-10-15(16)18-5-4-13(2)24-18/h4-5,14-17H,3,6-12H2,1-2H3. The molecule has 1 aromatic heterocycles. The van der Waals surface area contributed by atoms with Crippen molar-refractivity contribution in [1.82, 2.24) is 9.80 Å². The van der Waals surface area contributed by atoms with Gasteiger partial charge in [0.25, 0.3) is 0 Å². The minimum Gasteiger partial charge on any atom is -0.379 e. The Hall–Kier alpha value is -0.910. The van der Waals surface area contributed by atoms with Crippen LogP contribution in [0.4, 0.5) is 0 Å². The summed E-state index contributed by atoms with van der Waals surface area (Å²) in [7, 11) is 0. The maximum atomic E-state index is 13.0. The molecule has 3 heterocycles. The lowest BCUT2D eigenvalue weighted by Gasteiger charge is -2.34.